The van der Waals surface area contributed by atoms with Gasteiger partial charge in [0, 0.05) is 18.7 Å². The smallest absolute Gasteiger partial charge is 0.130 e. The maximum absolute atomic E-state index is 4.50. The molecule has 0 bridgehead atoms. The maximum atomic E-state index is 4.50. The van der Waals surface area contributed by atoms with Gasteiger partial charge in [-0.1, -0.05) is 17.7 Å². The molecule has 3 heteroatoms. The van der Waals surface area contributed by atoms with Crippen LogP contribution in [0.5, 0.6) is 0 Å². The molecule has 0 aliphatic rings. The van der Waals surface area contributed by atoms with Gasteiger partial charge in [-0.05, 0) is 32.4 Å². The van der Waals surface area contributed by atoms with Crippen LogP contribution >= 0.6 is 0 Å². The van der Waals surface area contributed by atoms with Crippen molar-refractivity contribution in [2.75, 3.05) is 12.4 Å². The number of anilines is 1. The van der Waals surface area contributed by atoms with E-state index in [2.05, 4.69) is 47.3 Å². The Morgan fingerprint density at radius 1 is 1.00 bits per heavy atom. The monoisotopic (exact) mass is 227 g/mol. The zero-order valence-corrected chi connectivity index (χ0v) is 10.7. The van der Waals surface area contributed by atoms with Gasteiger partial charge in [0.2, 0.25) is 0 Å². The molecule has 0 atom stereocenters. The quantitative estimate of drug-likeness (QED) is 0.856. The minimum Gasteiger partial charge on any atom is -0.373 e. The summed E-state index contributed by atoms with van der Waals surface area (Å²) in [6.45, 7) is 6.11. The van der Waals surface area contributed by atoms with Gasteiger partial charge in [0.1, 0.15) is 11.6 Å². The molecule has 0 radical (unpaired) electrons. The van der Waals surface area contributed by atoms with Crippen LogP contribution in [-0.2, 0) is 0 Å². The van der Waals surface area contributed by atoms with Crippen molar-refractivity contribution in [3.8, 4) is 11.3 Å². The molecule has 0 saturated carbocycles. The van der Waals surface area contributed by atoms with Gasteiger partial charge in [-0.15, -0.1) is 0 Å². The molecule has 0 aliphatic heterocycles. The van der Waals surface area contributed by atoms with Gasteiger partial charge in [-0.2, -0.15) is 0 Å². The van der Waals surface area contributed by atoms with Crippen LogP contribution in [0.2, 0.25) is 0 Å². The van der Waals surface area contributed by atoms with Crippen LogP contribution in [0.1, 0.15) is 17.0 Å². The van der Waals surface area contributed by atoms with E-state index in [1.54, 1.807) is 0 Å². The first-order valence-corrected chi connectivity index (χ1v) is 5.71. The number of benzene rings is 1. The van der Waals surface area contributed by atoms with Gasteiger partial charge >= 0.3 is 0 Å². The number of rotatable bonds is 2. The normalized spacial score (nSPS) is 10.4. The lowest BCUT2D eigenvalue weighted by Crippen LogP contribution is -1.99. The van der Waals surface area contributed by atoms with Crippen LogP contribution in [-0.4, -0.2) is 17.0 Å². The van der Waals surface area contributed by atoms with Crippen LogP contribution in [0.25, 0.3) is 11.3 Å². The van der Waals surface area contributed by atoms with Crippen LogP contribution in [0.15, 0.2) is 24.3 Å². The number of aryl methyl sites for hydroxylation is 3. The summed E-state index contributed by atoms with van der Waals surface area (Å²) in [4.78, 5) is 8.81. The molecule has 88 valence electrons. The highest BCUT2D eigenvalue weighted by Gasteiger charge is 2.06. The summed E-state index contributed by atoms with van der Waals surface area (Å²) < 4.78 is 0. The van der Waals surface area contributed by atoms with E-state index < -0.39 is 0 Å². The minimum absolute atomic E-state index is 0.785. The maximum Gasteiger partial charge on any atom is 0.130 e. The van der Waals surface area contributed by atoms with Gasteiger partial charge in [-0.25, -0.2) is 9.97 Å². The van der Waals surface area contributed by atoms with E-state index >= 15 is 0 Å². The van der Waals surface area contributed by atoms with Crippen molar-refractivity contribution in [3.05, 3.63) is 41.2 Å². The molecule has 3 nitrogen and oxygen atoms in total. The lowest BCUT2D eigenvalue weighted by molar-refractivity contribution is 1.05. The topological polar surface area (TPSA) is 37.8 Å². The minimum atomic E-state index is 0.785. The molecule has 1 aromatic heterocycles. The van der Waals surface area contributed by atoms with Crippen LogP contribution in [0, 0.1) is 20.8 Å². The average molecular weight is 227 g/mol. The van der Waals surface area contributed by atoms with Crippen molar-refractivity contribution in [1.82, 2.24) is 9.97 Å². The Morgan fingerprint density at radius 3 is 2.47 bits per heavy atom. The van der Waals surface area contributed by atoms with Crippen molar-refractivity contribution in [3.63, 3.8) is 0 Å². The third kappa shape index (κ3) is 2.44. The average Bonchev–Trinajstić information content (AvgIpc) is 2.31. The second-order valence-corrected chi connectivity index (χ2v) is 4.25. The standard InChI is InChI=1S/C14H17N3/c1-9-5-6-10(2)12(7-9)13-8-14(15-4)17-11(3)16-13/h5-8H,1-4H3,(H,15,16,17). The Balaban J connectivity index is 2.59. The van der Waals surface area contributed by atoms with Gasteiger partial charge in [0.25, 0.3) is 0 Å². The number of nitrogens with one attached hydrogen (secondary N) is 1. The van der Waals surface area contributed by atoms with Crippen molar-refractivity contribution >= 4 is 5.82 Å². The fourth-order valence-electron chi connectivity index (χ4n) is 1.85. The number of hydrogen-bond acceptors (Lipinski definition) is 3. The summed E-state index contributed by atoms with van der Waals surface area (Å²) in [5.74, 6) is 1.64. The second kappa shape index (κ2) is 4.53. The Kier molecular flexibility index (Phi) is 3.09. The number of aromatic nitrogens is 2. The fraction of sp³-hybridized carbons (Fsp3) is 0.286. The zero-order chi connectivity index (χ0) is 12.4. The molecule has 0 amide bonds. The highest BCUT2D eigenvalue weighted by atomic mass is 15.0. The molecule has 17 heavy (non-hydrogen) atoms. The Morgan fingerprint density at radius 2 is 1.76 bits per heavy atom. The summed E-state index contributed by atoms with van der Waals surface area (Å²) in [5.41, 5.74) is 4.62. The summed E-state index contributed by atoms with van der Waals surface area (Å²) in [6, 6.07) is 8.39. The zero-order valence-electron chi connectivity index (χ0n) is 10.7. The third-order valence-corrected chi connectivity index (χ3v) is 2.76. The molecule has 1 aromatic carbocycles. The van der Waals surface area contributed by atoms with Crippen LogP contribution in [0.3, 0.4) is 0 Å². The molecule has 1 N–H and O–H groups in total. The van der Waals surface area contributed by atoms with E-state index in [0.717, 1.165) is 17.3 Å². The third-order valence-electron chi connectivity index (χ3n) is 2.76. The second-order valence-electron chi connectivity index (χ2n) is 4.25. The lowest BCUT2D eigenvalue weighted by atomic mass is 10.0. The molecule has 0 aliphatic carbocycles. The van der Waals surface area contributed by atoms with Gasteiger partial charge in [0.05, 0.1) is 5.69 Å². The highest BCUT2D eigenvalue weighted by molar-refractivity contribution is 5.66. The van der Waals surface area contributed by atoms with Crippen LogP contribution in [0.4, 0.5) is 5.82 Å². The van der Waals surface area contributed by atoms with E-state index in [1.165, 1.54) is 16.7 Å². The summed E-state index contributed by atoms with van der Waals surface area (Å²) in [6.07, 6.45) is 0. The highest BCUT2D eigenvalue weighted by Crippen LogP contribution is 2.24. The van der Waals surface area contributed by atoms with Crippen LogP contribution < -0.4 is 5.32 Å². The van der Waals surface area contributed by atoms with Gasteiger partial charge in [0.15, 0.2) is 0 Å². The largest absolute Gasteiger partial charge is 0.373 e. The van der Waals surface area contributed by atoms with E-state index in [1.807, 2.05) is 20.0 Å². The number of nitrogens with zero attached hydrogens (tertiary/aromatic N) is 2. The Labute approximate surface area is 102 Å². The first-order valence-electron chi connectivity index (χ1n) is 5.71. The molecular formula is C14H17N3. The summed E-state index contributed by atoms with van der Waals surface area (Å²) >= 11 is 0. The summed E-state index contributed by atoms with van der Waals surface area (Å²) in [5, 5.41) is 3.06. The molecule has 0 unspecified atom stereocenters. The van der Waals surface area contributed by atoms with E-state index in [0.29, 0.717) is 0 Å². The van der Waals surface area contributed by atoms with Gasteiger partial charge < -0.3 is 5.32 Å². The molecular weight excluding hydrogens is 210 g/mol. The molecule has 0 saturated heterocycles. The Hall–Kier alpha value is -1.90. The van der Waals surface area contributed by atoms with E-state index in [-0.39, 0.29) is 0 Å². The van der Waals surface area contributed by atoms with E-state index in [9.17, 15) is 0 Å². The predicted molar refractivity (Wildman–Crippen MR) is 71.2 cm³/mol. The fourth-order valence-corrected chi connectivity index (χ4v) is 1.85. The molecule has 2 rings (SSSR count). The van der Waals surface area contributed by atoms with Crippen molar-refractivity contribution in [1.29, 1.82) is 0 Å². The molecule has 0 spiro atoms. The lowest BCUT2D eigenvalue weighted by Gasteiger charge is -2.09. The SMILES string of the molecule is CNc1cc(-c2cc(C)ccc2C)nc(C)n1. The predicted octanol–water partition coefficient (Wildman–Crippen LogP) is 3.11. The molecule has 0 fully saturated rings. The first kappa shape index (κ1) is 11.6. The first-order chi connectivity index (χ1) is 8.10. The van der Waals surface area contributed by atoms with Crippen molar-refractivity contribution < 1.29 is 0 Å². The molecule has 2 aromatic rings. The van der Waals surface area contributed by atoms with Crippen molar-refractivity contribution in [2.45, 2.75) is 20.8 Å². The van der Waals surface area contributed by atoms with Gasteiger partial charge in [-0.3, -0.25) is 0 Å². The van der Waals surface area contributed by atoms with Crippen molar-refractivity contribution in [2.24, 2.45) is 0 Å². The number of hydrogen-bond donors (Lipinski definition) is 1. The Bertz CT molecular complexity index is 547. The van der Waals surface area contributed by atoms with E-state index in [4.69, 9.17) is 0 Å². The molecule has 1 heterocycles. The summed E-state index contributed by atoms with van der Waals surface area (Å²) in [7, 11) is 1.87.